The maximum Gasteiger partial charge on any atom is 0.254 e. The molecule has 0 radical (unpaired) electrons. The molecule has 0 aliphatic heterocycles. The molecule has 0 atom stereocenters. The molecule has 0 aliphatic carbocycles. The van der Waals surface area contributed by atoms with Gasteiger partial charge in [0, 0.05) is 23.7 Å². The molecular weight excluding hydrogens is 242 g/mol. The van der Waals surface area contributed by atoms with Gasteiger partial charge in [0.05, 0.1) is 0 Å². The van der Waals surface area contributed by atoms with Crippen molar-refractivity contribution in [2.75, 3.05) is 0 Å². The average molecular weight is 265 g/mol. The zero-order valence-corrected chi connectivity index (χ0v) is 12.2. The highest BCUT2D eigenvalue weighted by atomic mass is 16.1. The molecule has 0 saturated heterocycles. The van der Waals surface area contributed by atoms with E-state index in [-0.39, 0.29) is 17.5 Å². The molecule has 19 heavy (non-hydrogen) atoms. The van der Waals surface area contributed by atoms with Crippen molar-refractivity contribution < 1.29 is 4.79 Å². The second kappa shape index (κ2) is 7.07. The normalized spacial score (nSPS) is 10.8. The summed E-state index contributed by atoms with van der Waals surface area (Å²) in [6.45, 7) is 7.65. The SMILES string of the molecule is CCC(CC)NC(=O)CCc1c(C)nc(C)[nH]c1=O. The number of nitrogens with one attached hydrogen (secondary N) is 2. The zero-order chi connectivity index (χ0) is 14.4. The van der Waals surface area contributed by atoms with Gasteiger partial charge in [-0.05, 0) is 33.1 Å². The third kappa shape index (κ3) is 4.50. The number of nitrogens with zero attached hydrogens (tertiary/aromatic N) is 1. The molecule has 2 N–H and O–H groups in total. The summed E-state index contributed by atoms with van der Waals surface area (Å²) in [5, 5.41) is 2.97. The third-order valence-electron chi connectivity index (χ3n) is 3.29. The van der Waals surface area contributed by atoms with E-state index in [0.29, 0.717) is 29.9 Å². The summed E-state index contributed by atoms with van der Waals surface area (Å²) >= 11 is 0. The van der Waals surface area contributed by atoms with Gasteiger partial charge in [0.25, 0.3) is 5.56 Å². The topological polar surface area (TPSA) is 74.8 Å². The van der Waals surface area contributed by atoms with Gasteiger partial charge in [0.2, 0.25) is 5.91 Å². The molecule has 0 spiro atoms. The number of carbonyl (C=O) groups is 1. The highest BCUT2D eigenvalue weighted by Gasteiger charge is 2.11. The fourth-order valence-electron chi connectivity index (χ4n) is 2.08. The molecule has 5 heteroatoms. The largest absolute Gasteiger partial charge is 0.353 e. The Morgan fingerprint density at radius 1 is 1.32 bits per heavy atom. The Balaban J connectivity index is 2.63. The van der Waals surface area contributed by atoms with Gasteiger partial charge < -0.3 is 10.3 Å². The quantitative estimate of drug-likeness (QED) is 0.820. The van der Waals surface area contributed by atoms with Crippen LogP contribution in [0.15, 0.2) is 4.79 Å². The minimum atomic E-state index is -0.139. The van der Waals surface area contributed by atoms with Crippen LogP contribution in [-0.4, -0.2) is 21.9 Å². The predicted octanol–water partition coefficient (Wildman–Crippen LogP) is 1.62. The Morgan fingerprint density at radius 2 is 1.95 bits per heavy atom. The Hall–Kier alpha value is -1.65. The van der Waals surface area contributed by atoms with Crippen LogP contribution in [-0.2, 0) is 11.2 Å². The Morgan fingerprint density at radius 3 is 2.47 bits per heavy atom. The summed E-state index contributed by atoms with van der Waals surface area (Å²) in [6.07, 6.45) is 2.60. The molecule has 0 saturated carbocycles. The van der Waals surface area contributed by atoms with Crippen molar-refractivity contribution in [1.29, 1.82) is 0 Å². The van der Waals surface area contributed by atoms with Gasteiger partial charge in [0.1, 0.15) is 5.82 Å². The number of aryl methyl sites for hydroxylation is 2. The minimum absolute atomic E-state index is 0.00641. The summed E-state index contributed by atoms with van der Waals surface area (Å²) in [5.74, 6) is 0.598. The predicted molar refractivity (Wildman–Crippen MR) is 75.2 cm³/mol. The van der Waals surface area contributed by atoms with E-state index >= 15 is 0 Å². The number of carbonyl (C=O) groups excluding carboxylic acids is 1. The molecule has 0 fully saturated rings. The molecule has 1 amide bonds. The van der Waals surface area contributed by atoms with Crippen molar-refractivity contribution in [2.24, 2.45) is 0 Å². The summed E-state index contributed by atoms with van der Waals surface area (Å²) in [5.41, 5.74) is 1.17. The Bertz CT molecular complexity index is 490. The second-order valence-electron chi connectivity index (χ2n) is 4.80. The summed E-state index contributed by atoms with van der Waals surface area (Å²) in [7, 11) is 0. The number of hydrogen-bond donors (Lipinski definition) is 2. The van der Waals surface area contributed by atoms with Crippen molar-refractivity contribution in [3.05, 3.63) is 27.4 Å². The summed E-state index contributed by atoms with van der Waals surface area (Å²) < 4.78 is 0. The van der Waals surface area contributed by atoms with Gasteiger partial charge in [-0.1, -0.05) is 13.8 Å². The lowest BCUT2D eigenvalue weighted by atomic mass is 10.1. The van der Waals surface area contributed by atoms with Crippen molar-refractivity contribution in [3.8, 4) is 0 Å². The first-order valence-corrected chi connectivity index (χ1v) is 6.83. The van der Waals surface area contributed by atoms with E-state index in [9.17, 15) is 9.59 Å². The van der Waals surface area contributed by atoms with Gasteiger partial charge >= 0.3 is 0 Å². The smallest absolute Gasteiger partial charge is 0.254 e. The minimum Gasteiger partial charge on any atom is -0.353 e. The average Bonchev–Trinajstić information content (AvgIpc) is 2.34. The van der Waals surface area contributed by atoms with Gasteiger partial charge in [-0.15, -0.1) is 0 Å². The molecular formula is C14H23N3O2. The van der Waals surface area contributed by atoms with Crippen LogP contribution in [0.1, 0.15) is 50.2 Å². The molecule has 1 heterocycles. The molecule has 1 aromatic rings. The molecule has 0 bridgehead atoms. The van der Waals surface area contributed by atoms with Crippen LogP contribution in [0.2, 0.25) is 0 Å². The van der Waals surface area contributed by atoms with Crippen molar-refractivity contribution in [1.82, 2.24) is 15.3 Å². The van der Waals surface area contributed by atoms with Gasteiger partial charge in [0.15, 0.2) is 0 Å². The molecule has 5 nitrogen and oxygen atoms in total. The van der Waals surface area contributed by atoms with E-state index in [2.05, 4.69) is 15.3 Å². The van der Waals surface area contributed by atoms with Gasteiger partial charge in [-0.3, -0.25) is 9.59 Å². The molecule has 106 valence electrons. The van der Waals surface area contributed by atoms with Gasteiger partial charge in [-0.25, -0.2) is 4.98 Å². The van der Waals surface area contributed by atoms with Crippen LogP contribution in [0.3, 0.4) is 0 Å². The second-order valence-corrected chi connectivity index (χ2v) is 4.80. The summed E-state index contributed by atoms with van der Waals surface area (Å²) in [4.78, 5) is 30.5. The first kappa shape index (κ1) is 15.4. The first-order chi connectivity index (χ1) is 8.97. The highest BCUT2D eigenvalue weighted by molar-refractivity contribution is 5.76. The van der Waals surface area contributed by atoms with Crippen LogP contribution in [0.25, 0.3) is 0 Å². The van der Waals surface area contributed by atoms with E-state index in [4.69, 9.17) is 0 Å². The highest BCUT2D eigenvalue weighted by Crippen LogP contribution is 2.03. The van der Waals surface area contributed by atoms with Gasteiger partial charge in [-0.2, -0.15) is 0 Å². The maximum absolute atomic E-state index is 11.8. The van der Waals surface area contributed by atoms with Crippen LogP contribution in [0, 0.1) is 13.8 Å². The maximum atomic E-state index is 11.8. The monoisotopic (exact) mass is 265 g/mol. The van der Waals surface area contributed by atoms with Crippen molar-refractivity contribution in [3.63, 3.8) is 0 Å². The third-order valence-corrected chi connectivity index (χ3v) is 3.29. The lowest BCUT2D eigenvalue weighted by molar-refractivity contribution is -0.121. The van der Waals surface area contributed by atoms with Crippen molar-refractivity contribution in [2.45, 2.75) is 59.4 Å². The number of amides is 1. The molecule has 1 aromatic heterocycles. The van der Waals surface area contributed by atoms with Crippen LogP contribution < -0.4 is 10.9 Å². The fourth-order valence-corrected chi connectivity index (χ4v) is 2.08. The number of aromatic amines is 1. The van der Waals surface area contributed by atoms with Crippen LogP contribution in [0.4, 0.5) is 0 Å². The number of rotatable bonds is 6. The van der Waals surface area contributed by atoms with E-state index < -0.39 is 0 Å². The zero-order valence-electron chi connectivity index (χ0n) is 12.2. The number of H-pyrrole nitrogens is 1. The summed E-state index contributed by atoms with van der Waals surface area (Å²) in [6, 6.07) is 0.225. The molecule has 0 aromatic carbocycles. The first-order valence-electron chi connectivity index (χ1n) is 6.83. The lowest BCUT2D eigenvalue weighted by Gasteiger charge is -2.14. The van der Waals surface area contributed by atoms with E-state index in [1.165, 1.54) is 0 Å². The van der Waals surface area contributed by atoms with Crippen molar-refractivity contribution >= 4 is 5.91 Å². The number of aromatic nitrogens is 2. The Labute approximate surface area is 113 Å². The molecule has 0 aliphatic rings. The van der Waals surface area contributed by atoms with E-state index in [1.807, 2.05) is 13.8 Å². The van der Waals surface area contributed by atoms with Crippen LogP contribution in [0.5, 0.6) is 0 Å². The lowest BCUT2D eigenvalue weighted by Crippen LogP contribution is -2.34. The standard InChI is InChI=1S/C14H23N3O2/c1-5-11(6-2)17-13(18)8-7-12-9(3)15-10(4)16-14(12)19/h11H,5-8H2,1-4H3,(H,17,18)(H,15,16,19). The van der Waals surface area contributed by atoms with Crippen LogP contribution >= 0.6 is 0 Å². The molecule has 1 rings (SSSR count). The Kier molecular flexibility index (Phi) is 5.73. The van der Waals surface area contributed by atoms with E-state index in [1.54, 1.807) is 13.8 Å². The fraction of sp³-hybridized carbons (Fsp3) is 0.643. The molecule has 0 unspecified atom stereocenters. The van der Waals surface area contributed by atoms with E-state index in [0.717, 1.165) is 12.8 Å². The number of hydrogen-bond acceptors (Lipinski definition) is 3.